The number of methoxy groups -OCH3 is 1. The summed E-state index contributed by atoms with van der Waals surface area (Å²) in [5, 5.41) is 3.31. The van der Waals surface area contributed by atoms with Crippen LogP contribution in [0.1, 0.15) is 40.9 Å². The molecule has 0 bridgehead atoms. The van der Waals surface area contributed by atoms with Crippen LogP contribution in [0.2, 0.25) is 5.02 Å². The molecule has 0 fully saturated rings. The first-order chi connectivity index (χ1) is 11.7. The molecule has 4 nitrogen and oxygen atoms in total. The predicted octanol–water partition coefficient (Wildman–Crippen LogP) is 5.31. The Morgan fingerprint density at radius 2 is 1.68 bits per heavy atom. The minimum atomic E-state index is -0.244. The van der Waals surface area contributed by atoms with Gasteiger partial charge in [-0.1, -0.05) is 29.3 Å². The van der Waals surface area contributed by atoms with Crippen LogP contribution >= 0.6 is 11.6 Å². The van der Waals surface area contributed by atoms with E-state index in [0.717, 1.165) is 22.4 Å². The number of carbonyl (C=O) groups excluding carboxylic acids is 1. The largest absolute Gasteiger partial charge is 0.493 e. The van der Waals surface area contributed by atoms with Gasteiger partial charge < -0.3 is 14.8 Å². The summed E-state index contributed by atoms with van der Waals surface area (Å²) in [6.45, 7) is 9.79. The monoisotopic (exact) mass is 361 g/mol. The number of anilines is 1. The number of rotatable bonds is 5. The number of aryl methyl sites for hydroxylation is 3. The third kappa shape index (κ3) is 4.45. The van der Waals surface area contributed by atoms with Gasteiger partial charge in [-0.3, -0.25) is 4.79 Å². The molecule has 1 N–H and O–H groups in total. The standard InChI is InChI=1S/C20H24ClNO3/c1-11(2)25-19-16(21)9-15(10-17(19)24-6)20(23)22-18-13(4)7-12(3)8-14(18)5/h7-11H,1-6H3,(H,22,23). The molecule has 0 aromatic heterocycles. The number of ether oxygens (including phenoxy) is 2. The van der Waals surface area contributed by atoms with Crippen LogP contribution in [-0.4, -0.2) is 19.1 Å². The van der Waals surface area contributed by atoms with E-state index >= 15 is 0 Å². The molecule has 0 aliphatic carbocycles. The van der Waals surface area contributed by atoms with E-state index in [1.807, 2.05) is 46.8 Å². The van der Waals surface area contributed by atoms with E-state index in [1.54, 1.807) is 12.1 Å². The molecule has 0 aliphatic rings. The first-order valence-corrected chi connectivity index (χ1v) is 8.54. The van der Waals surface area contributed by atoms with Crippen molar-refractivity contribution in [1.82, 2.24) is 0 Å². The van der Waals surface area contributed by atoms with Crippen molar-refractivity contribution < 1.29 is 14.3 Å². The third-order valence-corrected chi connectivity index (χ3v) is 4.04. The van der Waals surface area contributed by atoms with Gasteiger partial charge in [-0.2, -0.15) is 0 Å². The molecule has 0 saturated heterocycles. The van der Waals surface area contributed by atoms with Crippen LogP contribution in [0.25, 0.3) is 0 Å². The molecular formula is C20H24ClNO3. The summed E-state index contributed by atoms with van der Waals surface area (Å²) in [5.74, 6) is 0.633. The summed E-state index contributed by atoms with van der Waals surface area (Å²) in [4.78, 5) is 12.7. The molecule has 134 valence electrons. The van der Waals surface area contributed by atoms with E-state index in [9.17, 15) is 4.79 Å². The highest BCUT2D eigenvalue weighted by molar-refractivity contribution is 6.32. The molecule has 0 saturated carbocycles. The fourth-order valence-corrected chi connectivity index (χ4v) is 3.02. The number of hydrogen-bond acceptors (Lipinski definition) is 3. The van der Waals surface area contributed by atoms with Gasteiger partial charge in [-0.15, -0.1) is 0 Å². The van der Waals surface area contributed by atoms with Crippen LogP contribution in [0.4, 0.5) is 5.69 Å². The second kappa shape index (κ2) is 7.79. The van der Waals surface area contributed by atoms with Gasteiger partial charge in [0.2, 0.25) is 0 Å². The molecule has 0 atom stereocenters. The molecule has 0 heterocycles. The predicted molar refractivity (Wildman–Crippen MR) is 102 cm³/mol. The SMILES string of the molecule is COc1cc(C(=O)Nc2c(C)cc(C)cc2C)cc(Cl)c1OC(C)C. The van der Waals surface area contributed by atoms with E-state index in [2.05, 4.69) is 5.32 Å². The van der Waals surface area contributed by atoms with Crippen molar-refractivity contribution in [2.75, 3.05) is 12.4 Å². The van der Waals surface area contributed by atoms with E-state index in [0.29, 0.717) is 22.1 Å². The Hall–Kier alpha value is -2.20. The fourth-order valence-electron chi connectivity index (χ4n) is 2.76. The van der Waals surface area contributed by atoms with Crippen molar-refractivity contribution in [3.05, 3.63) is 51.5 Å². The molecule has 5 heteroatoms. The topological polar surface area (TPSA) is 47.6 Å². The first kappa shape index (κ1) is 19.1. The Morgan fingerprint density at radius 3 is 2.20 bits per heavy atom. The Balaban J connectivity index is 2.36. The van der Waals surface area contributed by atoms with E-state index < -0.39 is 0 Å². The lowest BCUT2D eigenvalue weighted by molar-refractivity contribution is 0.102. The highest BCUT2D eigenvalue weighted by Gasteiger charge is 2.18. The van der Waals surface area contributed by atoms with Crippen LogP contribution in [-0.2, 0) is 0 Å². The Kier molecular flexibility index (Phi) is 5.96. The summed E-state index contributed by atoms with van der Waals surface area (Å²) >= 11 is 6.30. The molecule has 1 amide bonds. The molecule has 25 heavy (non-hydrogen) atoms. The second-order valence-electron chi connectivity index (χ2n) is 6.38. The van der Waals surface area contributed by atoms with Crippen LogP contribution in [0.15, 0.2) is 24.3 Å². The number of nitrogens with one attached hydrogen (secondary N) is 1. The first-order valence-electron chi connectivity index (χ1n) is 8.16. The van der Waals surface area contributed by atoms with Crippen molar-refractivity contribution in [2.45, 2.75) is 40.7 Å². The Labute approximate surface area is 154 Å². The number of amides is 1. The summed E-state index contributed by atoms with van der Waals surface area (Å²) in [6, 6.07) is 7.30. The Morgan fingerprint density at radius 1 is 1.08 bits per heavy atom. The summed E-state index contributed by atoms with van der Waals surface area (Å²) < 4.78 is 11.0. The van der Waals surface area contributed by atoms with Gasteiger partial charge in [0, 0.05) is 11.3 Å². The van der Waals surface area contributed by atoms with E-state index in [-0.39, 0.29) is 12.0 Å². The minimum absolute atomic E-state index is 0.0519. The van der Waals surface area contributed by atoms with E-state index in [4.69, 9.17) is 21.1 Å². The summed E-state index contributed by atoms with van der Waals surface area (Å²) in [7, 11) is 1.52. The molecule has 0 spiro atoms. The molecular weight excluding hydrogens is 338 g/mol. The lowest BCUT2D eigenvalue weighted by Gasteiger charge is -2.17. The van der Waals surface area contributed by atoms with Gasteiger partial charge in [0.1, 0.15) is 0 Å². The van der Waals surface area contributed by atoms with Gasteiger partial charge in [0.15, 0.2) is 11.5 Å². The van der Waals surface area contributed by atoms with Crippen molar-refractivity contribution in [1.29, 1.82) is 0 Å². The van der Waals surface area contributed by atoms with Gasteiger partial charge in [-0.05, 0) is 57.9 Å². The highest BCUT2D eigenvalue weighted by atomic mass is 35.5. The summed E-state index contributed by atoms with van der Waals surface area (Å²) in [5.41, 5.74) is 4.42. The molecule has 0 radical (unpaired) electrons. The van der Waals surface area contributed by atoms with Gasteiger partial charge in [0.05, 0.1) is 18.2 Å². The minimum Gasteiger partial charge on any atom is -0.493 e. The van der Waals surface area contributed by atoms with Gasteiger partial charge in [-0.25, -0.2) is 0 Å². The molecule has 0 unspecified atom stereocenters. The van der Waals surface area contributed by atoms with Crippen molar-refractivity contribution in [2.24, 2.45) is 0 Å². The number of benzene rings is 2. The summed E-state index contributed by atoms with van der Waals surface area (Å²) in [6.07, 6.45) is -0.0519. The molecule has 0 aliphatic heterocycles. The number of halogens is 1. The van der Waals surface area contributed by atoms with Crippen LogP contribution < -0.4 is 14.8 Å². The second-order valence-corrected chi connectivity index (χ2v) is 6.79. The number of hydrogen-bond donors (Lipinski definition) is 1. The van der Waals surface area contributed by atoms with E-state index in [1.165, 1.54) is 7.11 Å². The maximum absolute atomic E-state index is 12.7. The van der Waals surface area contributed by atoms with Crippen molar-refractivity contribution in [3.63, 3.8) is 0 Å². The fraction of sp³-hybridized carbons (Fsp3) is 0.350. The zero-order valence-corrected chi connectivity index (χ0v) is 16.2. The molecule has 2 aromatic rings. The van der Waals surface area contributed by atoms with Gasteiger partial charge >= 0.3 is 0 Å². The Bertz CT molecular complexity index is 777. The van der Waals surface area contributed by atoms with Crippen molar-refractivity contribution >= 4 is 23.2 Å². The average molecular weight is 362 g/mol. The van der Waals surface area contributed by atoms with Crippen LogP contribution in [0, 0.1) is 20.8 Å². The number of carbonyl (C=O) groups is 1. The zero-order valence-electron chi connectivity index (χ0n) is 15.5. The lowest BCUT2D eigenvalue weighted by Crippen LogP contribution is -2.15. The van der Waals surface area contributed by atoms with Gasteiger partial charge in [0.25, 0.3) is 5.91 Å². The average Bonchev–Trinajstić information content (AvgIpc) is 2.51. The zero-order chi connectivity index (χ0) is 18.7. The maximum Gasteiger partial charge on any atom is 0.255 e. The van der Waals surface area contributed by atoms with Crippen LogP contribution in [0.3, 0.4) is 0 Å². The lowest BCUT2D eigenvalue weighted by atomic mass is 10.0. The third-order valence-electron chi connectivity index (χ3n) is 3.76. The molecule has 2 aromatic carbocycles. The van der Waals surface area contributed by atoms with Crippen LogP contribution in [0.5, 0.6) is 11.5 Å². The normalized spacial score (nSPS) is 10.7. The maximum atomic E-state index is 12.7. The molecule has 2 rings (SSSR count). The smallest absolute Gasteiger partial charge is 0.255 e. The quantitative estimate of drug-likeness (QED) is 0.784. The van der Waals surface area contributed by atoms with Crippen molar-refractivity contribution in [3.8, 4) is 11.5 Å². The highest BCUT2D eigenvalue weighted by Crippen LogP contribution is 2.37.